The number of hydrogen-bond acceptors (Lipinski definition) is 4. The molecule has 0 aliphatic rings. The maximum Gasteiger partial charge on any atom is 0.133 e. The van der Waals surface area contributed by atoms with Gasteiger partial charge in [-0.2, -0.15) is 0 Å². The van der Waals surface area contributed by atoms with Crippen molar-refractivity contribution in [3.05, 3.63) is 53.2 Å². The summed E-state index contributed by atoms with van der Waals surface area (Å²) in [7, 11) is 1.93. The molecule has 2 rings (SSSR count). The van der Waals surface area contributed by atoms with Crippen LogP contribution in [-0.2, 0) is 6.54 Å². The summed E-state index contributed by atoms with van der Waals surface area (Å²) in [6.07, 6.45) is 0.765. The van der Waals surface area contributed by atoms with Crippen molar-refractivity contribution in [1.82, 2.24) is 10.1 Å². The lowest BCUT2D eigenvalue weighted by Crippen LogP contribution is -2.39. The summed E-state index contributed by atoms with van der Waals surface area (Å²) in [4.78, 5) is 2.02. The van der Waals surface area contributed by atoms with Crippen LogP contribution >= 0.6 is 0 Å². The number of aromatic nitrogens is 1. The third-order valence-corrected chi connectivity index (χ3v) is 3.66. The molecule has 2 atom stereocenters. The van der Waals surface area contributed by atoms with Gasteiger partial charge >= 0.3 is 0 Å². The summed E-state index contributed by atoms with van der Waals surface area (Å²) >= 11 is 0. The van der Waals surface area contributed by atoms with E-state index in [1.165, 1.54) is 6.07 Å². The van der Waals surface area contributed by atoms with Crippen LogP contribution in [0.2, 0.25) is 0 Å². The van der Waals surface area contributed by atoms with E-state index in [0.29, 0.717) is 12.1 Å². The molecule has 0 saturated carbocycles. The van der Waals surface area contributed by atoms with Crippen LogP contribution in [0.25, 0.3) is 0 Å². The molecule has 1 heterocycles. The predicted molar refractivity (Wildman–Crippen MR) is 80.1 cm³/mol. The van der Waals surface area contributed by atoms with Crippen LogP contribution in [0.3, 0.4) is 0 Å². The molecule has 0 saturated heterocycles. The number of benzene rings is 1. The van der Waals surface area contributed by atoms with Crippen LogP contribution in [0.15, 0.2) is 34.9 Å². The van der Waals surface area contributed by atoms with Crippen LogP contribution < -0.4 is 5.73 Å². The van der Waals surface area contributed by atoms with Crippen LogP contribution in [0.4, 0.5) is 4.39 Å². The summed E-state index contributed by atoms with van der Waals surface area (Å²) in [5.41, 5.74) is 7.66. The summed E-state index contributed by atoms with van der Waals surface area (Å²) in [5.74, 6) is 0.537. The summed E-state index contributed by atoms with van der Waals surface area (Å²) in [6.45, 7) is 4.42. The molecule has 2 N–H and O–H groups in total. The van der Waals surface area contributed by atoms with Crippen LogP contribution in [-0.4, -0.2) is 23.1 Å². The molecular formula is C16H22FN3O. The number of nitrogens with zero attached hydrogens (tertiary/aromatic N) is 2. The second-order valence-electron chi connectivity index (χ2n) is 5.38. The molecule has 5 heteroatoms. The van der Waals surface area contributed by atoms with E-state index in [9.17, 15) is 4.39 Å². The zero-order chi connectivity index (χ0) is 15.4. The van der Waals surface area contributed by atoms with Crippen molar-refractivity contribution in [3.63, 3.8) is 0 Å². The average molecular weight is 291 g/mol. The zero-order valence-corrected chi connectivity index (χ0v) is 12.7. The lowest BCUT2D eigenvalue weighted by molar-refractivity contribution is 0.192. The SMILES string of the molecule is CCC(N)C(c1ccccc1F)N(C)Cc1cc(C)on1. The Bertz CT molecular complexity index is 584. The Kier molecular flexibility index (Phi) is 5.09. The monoisotopic (exact) mass is 291 g/mol. The van der Waals surface area contributed by atoms with Crippen molar-refractivity contribution in [2.75, 3.05) is 7.05 Å². The first-order valence-corrected chi connectivity index (χ1v) is 7.15. The Morgan fingerprint density at radius 3 is 2.67 bits per heavy atom. The molecule has 114 valence electrons. The number of nitrogens with two attached hydrogens (primary N) is 1. The van der Waals surface area contributed by atoms with E-state index in [4.69, 9.17) is 10.3 Å². The van der Waals surface area contributed by atoms with E-state index in [1.807, 2.05) is 37.9 Å². The van der Waals surface area contributed by atoms with Gasteiger partial charge in [-0.1, -0.05) is 30.3 Å². The quantitative estimate of drug-likeness (QED) is 0.889. The zero-order valence-electron chi connectivity index (χ0n) is 12.7. The Morgan fingerprint density at radius 1 is 1.38 bits per heavy atom. The van der Waals surface area contributed by atoms with Crippen molar-refractivity contribution < 1.29 is 8.91 Å². The topological polar surface area (TPSA) is 55.3 Å². The number of likely N-dealkylation sites (N-methyl/N-ethyl adjacent to an activating group) is 1. The average Bonchev–Trinajstić information content (AvgIpc) is 2.86. The Hall–Kier alpha value is -1.72. The number of hydrogen-bond donors (Lipinski definition) is 1. The second-order valence-corrected chi connectivity index (χ2v) is 5.38. The Labute approximate surface area is 124 Å². The molecule has 2 unspecified atom stereocenters. The summed E-state index contributed by atoms with van der Waals surface area (Å²) < 4.78 is 19.2. The highest BCUT2D eigenvalue weighted by Crippen LogP contribution is 2.27. The molecule has 1 aromatic carbocycles. The van der Waals surface area contributed by atoms with E-state index in [0.717, 1.165) is 17.9 Å². The maximum absolute atomic E-state index is 14.1. The van der Waals surface area contributed by atoms with Gasteiger partial charge in [0.2, 0.25) is 0 Å². The third-order valence-electron chi connectivity index (χ3n) is 3.66. The minimum Gasteiger partial charge on any atom is -0.361 e. The summed E-state index contributed by atoms with van der Waals surface area (Å²) in [5, 5.41) is 3.99. The molecule has 2 aromatic rings. The van der Waals surface area contributed by atoms with Gasteiger partial charge in [0.05, 0.1) is 11.7 Å². The number of halogens is 1. The number of rotatable bonds is 6. The fourth-order valence-corrected chi connectivity index (χ4v) is 2.58. The van der Waals surface area contributed by atoms with Crippen LogP contribution in [0.5, 0.6) is 0 Å². The second kappa shape index (κ2) is 6.83. The van der Waals surface area contributed by atoms with Gasteiger partial charge in [0.15, 0.2) is 0 Å². The molecular weight excluding hydrogens is 269 g/mol. The lowest BCUT2D eigenvalue weighted by Gasteiger charge is -2.32. The normalized spacial score (nSPS) is 14.4. The third kappa shape index (κ3) is 3.68. The Balaban J connectivity index is 2.25. The highest BCUT2D eigenvalue weighted by molar-refractivity contribution is 5.23. The van der Waals surface area contributed by atoms with Gasteiger partial charge in [-0.25, -0.2) is 4.39 Å². The van der Waals surface area contributed by atoms with Gasteiger partial charge in [-0.05, 0) is 26.5 Å². The van der Waals surface area contributed by atoms with E-state index in [-0.39, 0.29) is 17.9 Å². The van der Waals surface area contributed by atoms with Gasteiger partial charge in [-0.15, -0.1) is 0 Å². The van der Waals surface area contributed by atoms with Gasteiger partial charge < -0.3 is 10.3 Å². The minimum absolute atomic E-state index is 0.153. The molecule has 4 nitrogen and oxygen atoms in total. The lowest BCUT2D eigenvalue weighted by atomic mass is 9.96. The first kappa shape index (κ1) is 15.7. The minimum atomic E-state index is -0.227. The smallest absolute Gasteiger partial charge is 0.133 e. The molecule has 0 spiro atoms. The molecule has 0 amide bonds. The first-order valence-electron chi connectivity index (χ1n) is 7.15. The van der Waals surface area contributed by atoms with Crippen LogP contribution in [0.1, 0.15) is 36.4 Å². The molecule has 0 aliphatic heterocycles. The highest BCUT2D eigenvalue weighted by Gasteiger charge is 2.26. The van der Waals surface area contributed by atoms with Crippen molar-refractivity contribution in [3.8, 4) is 0 Å². The highest BCUT2D eigenvalue weighted by atomic mass is 19.1. The molecule has 0 radical (unpaired) electrons. The molecule has 0 fully saturated rings. The molecule has 0 bridgehead atoms. The summed E-state index contributed by atoms with van der Waals surface area (Å²) in [6, 6.07) is 8.31. The van der Waals surface area contributed by atoms with E-state index < -0.39 is 0 Å². The van der Waals surface area contributed by atoms with Crippen molar-refractivity contribution in [1.29, 1.82) is 0 Å². The van der Waals surface area contributed by atoms with Gasteiger partial charge in [0, 0.05) is 24.2 Å². The van der Waals surface area contributed by atoms with Crippen molar-refractivity contribution in [2.45, 2.75) is 38.9 Å². The molecule has 21 heavy (non-hydrogen) atoms. The van der Waals surface area contributed by atoms with Crippen LogP contribution in [0, 0.1) is 12.7 Å². The largest absolute Gasteiger partial charge is 0.361 e. The van der Waals surface area contributed by atoms with Gasteiger partial charge in [-0.3, -0.25) is 4.90 Å². The molecule has 1 aromatic heterocycles. The van der Waals surface area contributed by atoms with Crippen molar-refractivity contribution in [2.24, 2.45) is 5.73 Å². The van der Waals surface area contributed by atoms with Gasteiger partial charge in [0.25, 0.3) is 0 Å². The molecule has 0 aliphatic carbocycles. The first-order chi connectivity index (χ1) is 10.0. The number of aryl methyl sites for hydroxylation is 1. The maximum atomic E-state index is 14.1. The predicted octanol–water partition coefficient (Wildman–Crippen LogP) is 3.03. The van der Waals surface area contributed by atoms with E-state index in [1.54, 1.807) is 12.1 Å². The fraction of sp³-hybridized carbons (Fsp3) is 0.438. The standard InChI is InChI=1S/C16H22FN3O/c1-4-15(18)16(13-7-5-6-8-14(13)17)20(3)10-12-9-11(2)21-19-12/h5-9,15-16H,4,10,18H2,1-3H3. The Morgan fingerprint density at radius 2 is 2.10 bits per heavy atom. The fourth-order valence-electron chi connectivity index (χ4n) is 2.58. The van der Waals surface area contributed by atoms with Crippen molar-refractivity contribution >= 4 is 0 Å². The van der Waals surface area contributed by atoms with Gasteiger partial charge in [0.1, 0.15) is 11.6 Å². The van der Waals surface area contributed by atoms with E-state index in [2.05, 4.69) is 5.16 Å². The van der Waals surface area contributed by atoms with E-state index >= 15 is 0 Å².